The summed E-state index contributed by atoms with van der Waals surface area (Å²) in [6, 6.07) is 18.7. The summed E-state index contributed by atoms with van der Waals surface area (Å²) in [5, 5.41) is 6.45. The lowest BCUT2D eigenvalue weighted by molar-refractivity contribution is -0.116. The highest BCUT2D eigenvalue weighted by atomic mass is 35.5. The SMILES string of the molecule is Cl.O=C(CC1CCCN1)Nc1ccccc1Cc1ccccc1. The molecule has 0 spiro atoms. The summed E-state index contributed by atoms with van der Waals surface area (Å²) in [6.07, 6.45) is 3.65. The lowest BCUT2D eigenvalue weighted by atomic mass is 10.0. The van der Waals surface area contributed by atoms with Crippen molar-refractivity contribution in [2.24, 2.45) is 0 Å². The third-order valence-corrected chi connectivity index (χ3v) is 4.12. The molecule has 0 radical (unpaired) electrons. The third-order valence-electron chi connectivity index (χ3n) is 4.12. The zero-order valence-corrected chi connectivity index (χ0v) is 13.9. The van der Waals surface area contributed by atoms with Gasteiger partial charge in [-0.2, -0.15) is 0 Å². The minimum Gasteiger partial charge on any atom is -0.326 e. The maximum Gasteiger partial charge on any atom is 0.225 e. The van der Waals surface area contributed by atoms with Gasteiger partial charge >= 0.3 is 0 Å². The molecule has 1 fully saturated rings. The quantitative estimate of drug-likeness (QED) is 0.876. The Balaban J connectivity index is 0.00000192. The van der Waals surface area contributed by atoms with Crippen molar-refractivity contribution in [1.29, 1.82) is 0 Å². The van der Waals surface area contributed by atoms with Crippen molar-refractivity contribution in [3.8, 4) is 0 Å². The first-order valence-corrected chi connectivity index (χ1v) is 7.96. The van der Waals surface area contributed by atoms with Crippen LogP contribution in [0.15, 0.2) is 54.6 Å². The normalized spacial score (nSPS) is 16.6. The van der Waals surface area contributed by atoms with Crippen LogP contribution in [-0.2, 0) is 11.2 Å². The zero-order valence-electron chi connectivity index (χ0n) is 13.1. The first-order valence-electron chi connectivity index (χ1n) is 7.96. The largest absolute Gasteiger partial charge is 0.326 e. The number of rotatable bonds is 5. The van der Waals surface area contributed by atoms with Crippen LogP contribution in [0.5, 0.6) is 0 Å². The van der Waals surface area contributed by atoms with Gasteiger partial charge in [0.25, 0.3) is 0 Å². The first-order chi connectivity index (χ1) is 10.8. The number of benzene rings is 2. The van der Waals surface area contributed by atoms with E-state index in [1.807, 2.05) is 36.4 Å². The Morgan fingerprint density at radius 3 is 2.57 bits per heavy atom. The number of carbonyl (C=O) groups excluding carboxylic acids is 1. The monoisotopic (exact) mass is 330 g/mol. The van der Waals surface area contributed by atoms with Crippen molar-refractivity contribution in [3.05, 3.63) is 65.7 Å². The number of para-hydroxylation sites is 1. The topological polar surface area (TPSA) is 41.1 Å². The number of amides is 1. The molecule has 0 bridgehead atoms. The first kappa shape index (κ1) is 17.5. The van der Waals surface area contributed by atoms with E-state index in [0.29, 0.717) is 12.5 Å². The van der Waals surface area contributed by atoms with Gasteiger partial charge in [0.15, 0.2) is 0 Å². The maximum atomic E-state index is 12.2. The number of hydrogen-bond acceptors (Lipinski definition) is 2. The van der Waals surface area contributed by atoms with Crippen LogP contribution < -0.4 is 10.6 Å². The molecule has 0 aromatic heterocycles. The molecule has 122 valence electrons. The maximum absolute atomic E-state index is 12.2. The van der Waals surface area contributed by atoms with Gasteiger partial charge in [0.2, 0.25) is 5.91 Å². The van der Waals surface area contributed by atoms with Crippen LogP contribution >= 0.6 is 12.4 Å². The fourth-order valence-corrected chi connectivity index (χ4v) is 2.97. The molecule has 1 atom stereocenters. The molecule has 0 aliphatic carbocycles. The number of anilines is 1. The van der Waals surface area contributed by atoms with Gasteiger partial charge < -0.3 is 10.6 Å². The van der Waals surface area contributed by atoms with Gasteiger partial charge in [-0.15, -0.1) is 12.4 Å². The molecular weight excluding hydrogens is 308 g/mol. The third kappa shape index (κ3) is 5.08. The minimum atomic E-state index is 0. The standard InChI is InChI=1S/C19H22N2O.ClH/c22-19(14-17-10-6-12-20-17)21-18-11-5-4-9-16(18)13-15-7-2-1-3-8-15;/h1-5,7-9,11,17,20H,6,10,12-14H2,(H,21,22);1H. The van der Waals surface area contributed by atoms with Crippen molar-refractivity contribution in [3.63, 3.8) is 0 Å². The Kier molecular flexibility index (Phi) is 6.63. The van der Waals surface area contributed by atoms with Crippen molar-refractivity contribution < 1.29 is 4.79 Å². The van der Waals surface area contributed by atoms with Gasteiger partial charge in [0, 0.05) is 18.2 Å². The number of nitrogens with one attached hydrogen (secondary N) is 2. The van der Waals surface area contributed by atoms with E-state index < -0.39 is 0 Å². The van der Waals surface area contributed by atoms with Crippen molar-refractivity contribution >= 4 is 24.0 Å². The van der Waals surface area contributed by atoms with Crippen LogP contribution in [0.3, 0.4) is 0 Å². The predicted octanol–water partition coefficient (Wildman–Crippen LogP) is 3.78. The molecule has 1 aliphatic rings. The van der Waals surface area contributed by atoms with Gasteiger partial charge in [0.05, 0.1) is 0 Å². The Morgan fingerprint density at radius 1 is 1.09 bits per heavy atom. The number of hydrogen-bond donors (Lipinski definition) is 2. The van der Waals surface area contributed by atoms with Crippen LogP contribution in [-0.4, -0.2) is 18.5 Å². The molecule has 3 nitrogen and oxygen atoms in total. The minimum absolute atomic E-state index is 0. The summed E-state index contributed by atoms with van der Waals surface area (Å²) in [4.78, 5) is 12.2. The summed E-state index contributed by atoms with van der Waals surface area (Å²) < 4.78 is 0. The molecule has 2 aromatic rings. The summed E-state index contributed by atoms with van der Waals surface area (Å²) in [5.41, 5.74) is 3.33. The van der Waals surface area contributed by atoms with E-state index >= 15 is 0 Å². The van der Waals surface area contributed by atoms with E-state index in [0.717, 1.165) is 30.6 Å². The predicted molar refractivity (Wildman–Crippen MR) is 97.2 cm³/mol. The van der Waals surface area contributed by atoms with Crippen LogP contribution in [0.4, 0.5) is 5.69 Å². The summed E-state index contributed by atoms with van der Waals surface area (Å²) in [7, 11) is 0. The summed E-state index contributed by atoms with van der Waals surface area (Å²) in [6.45, 7) is 1.03. The zero-order chi connectivity index (χ0) is 15.2. The lowest BCUT2D eigenvalue weighted by Gasteiger charge is -2.13. The average Bonchev–Trinajstić information content (AvgIpc) is 3.03. The van der Waals surface area contributed by atoms with E-state index in [9.17, 15) is 4.79 Å². The smallest absolute Gasteiger partial charge is 0.225 e. The highest BCUT2D eigenvalue weighted by Gasteiger charge is 2.18. The molecule has 4 heteroatoms. The summed E-state index contributed by atoms with van der Waals surface area (Å²) >= 11 is 0. The van der Waals surface area contributed by atoms with Crippen molar-refractivity contribution in [1.82, 2.24) is 5.32 Å². The second-order valence-corrected chi connectivity index (χ2v) is 5.87. The van der Waals surface area contributed by atoms with Crippen LogP contribution in [0.1, 0.15) is 30.4 Å². The lowest BCUT2D eigenvalue weighted by Crippen LogP contribution is -2.27. The Bertz CT molecular complexity index is 624. The van der Waals surface area contributed by atoms with Crippen LogP contribution in [0, 0.1) is 0 Å². The molecule has 1 aliphatic heterocycles. The average molecular weight is 331 g/mol. The Morgan fingerprint density at radius 2 is 1.83 bits per heavy atom. The van der Waals surface area contributed by atoms with Crippen LogP contribution in [0.25, 0.3) is 0 Å². The van der Waals surface area contributed by atoms with Gasteiger partial charge in [-0.05, 0) is 43.0 Å². The van der Waals surface area contributed by atoms with Gasteiger partial charge in [-0.1, -0.05) is 48.5 Å². The molecule has 23 heavy (non-hydrogen) atoms. The van der Waals surface area contributed by atoms with Crippen molar-refractivity contribution in [2.75, 3.05) is 11.9 Å². The van der Waals surface area contributed by atoms with E-state index in [2.05, 4.69) is 28.8 Å². The summed E-state index contributed by atoms with van der Waals surface area (Å²) in [5.74, 6) is 0.0971. The fraction of sp³-hybridized carbons (Fsp3) is 0.316. The number of halogens is 1. The molecule has 2 aromatic carbocycles. The van der Waals surface area contributed by atoms with Gasteiger partial charge in [-0.3, -0.25) is 4.79 Å². The highest BCUT2D eigenvalue weighted by Crippen LogP contribution is 2.20. The Hall–Kier alpha value is -1.84. The molecule has 3 rings (SSSR count). The molecule has 1 saturated heterocycles. The molecule has 1 amide bonds. The molecule has 0 saturated carbocycles. The number of carbonyl (C=O) groups is 1. The van der Waals surface area contributed by atoms with Crippen molar-refractivity contribution in [2.45, 2.75) is 31.7 Å². The van der Waals surface area contributed by atoms with Crippen LogP contribution in [0.2, 0.25) is 0 Å². The van der Waals surface area contributed by atoms with E-state index in [1.165, 1.54) is 12.0 Å². The van der Waals surface area contributed by atoms with Gasteiger partial charge in [-0.25, -0.2) is 0 Å². The second-order valence-electron chi connectivity index (χ2n) is 5.87. The highest BCUT2D eigenvalue weighted by molar-refractivity contribution is 5.92. The second kappa shape index (κ2) is 8.70. The Labute approximate surface area is 143 Å². The molecule has 1 heterocycles. The van der Waals surface area contributed by atoms with E-state index in [-0.39, 0.29) is 18.3 Å². The molecule has 1 unspecified atom stereocenters. The fourth-order valence-electron chi connectivity index (χ4n) is 2.97. The molecule has 2 N–H and O–H groups in total. The van der Waals surface area contributed by atoms with E-state index in [1.54, 1.807) is 0 Å². The molecular formula is C19H23ClN2O. The van der Waals surface area contributed by atoms with Gasteiger partial charge in [0.1, 0.15) is 0 Å². The van der Waals surface area contributed by atoms with E-state index in [4.69, 9.17) is 0 Å².